The molecule has 1 aliphatic rings. The van der Waals surface area contributed by atoms with Crippen LogP contribution in [0.15, 0.2) is 4.52 Å². The van der Waals surface area contributed by atoms with Crippen LogP contribution in [0.3, 0.4) is 0 Å². The summed E-state index contributed by atoms with van der Waals surface area (Å²) in [4.78, 5) is 12.2. The van der Waals surface area contributed by atoms with Crippen LogP contribution in [0.25, 0.3) is 0 Å². The Bertz CT molecular complexity index is 757. The van der Waals surface area contributed by atoms with Crippen molar-refractivity contribution in [1.82, 2.24) is 14.9 Å². The van der Waals surface area contributed by atoms with Crippen molar-refractivity contribution in [1.29, 1.82) is 0 Å². The molecule has 1 amide bonds. The van der Waals surface area contributed by atoms with Crippen molar-refractivity contribution in [3.63, 3.8) is 0 Å². The van der Waals surface area contributed by atoms with E-state index in [1.54, 1.807) is 4.68 Å². The zero-order chi connectivity index (χ0) is 18.0. The van der Waals surface area contributed by atoms with Crippen molar-refractivity contribution in [2.75, 3.05) is 11.9 Å². The van der Waals surface area contributed by atoms with Gasteiger partial charge in [-0.1, -0.05) is 24.4 Å². The first-order valence-corrected chi connectivity index (χ1v) is 8.86. The van der Waals surface area contributed by atoms with Crippen LogP contribution in [-0.4, -0.2) is 27.5 Å². The average Bonchev–Trinajstić information content (AvgIpc) is 3.07. The first-order chi connectivity index (χ1) is 12.0. The molecule has 0 bridgehead atoms. The fraction of sp³-hybridized carbons (Fsp3) is 0.611. The first-order valence-electron chi connectivity index (χ1n) is 8.86. The lowest BCUT2D eigenvalue weighted by atomic mass is 9.86. The van der Waals surface area contributed by atoms with E-state index < -0.39 is 0 Å². The van der Waals surface area contributed by atoms with E-state index in [-0.39, 0.29) is 12.5 Å². The van der Waals surface area contributed by atoms with E-state index in [1.807, 2.05) is 27.8 Å². The summed E-state index contributed by atoms with van der Waals surface area (Å²) in [7, 11) is 1.85. The van der Waals surface area contributed by atoms with Crippen molar-refractivity contribution in [3.05, 3.63) is 22.6 Å². The third kappa shape index (κ3) is 3.70. The van der Waals surface area contributed by atoms with Crippen molar-refractivity contribution >= 4 is 11.8 Å². The topological polar surface area (TPSA) is 82.2 Å². The molecule has 2 aromatic rings. The Kier molecular flexibility index (Phi) is 5.11. The van der Waals surface area contributed by atoms with Gasteiger partial charge in [0.2, 0.25) is 5.88 Å². The predicted octanol–water partition coefficient (Wildman–Crippen LogP) is 3.40. The maximum atomic E-state index is 12.2. The van der Waals surface area contributed by atoms with Crippen LogP contribution >= 0.6 is 0 Å². The summed E-state index contributed by atoms with van der Waals surface area (Å²) < 4.78 is 12.7. The van der Waals surface area contributed by atoms with Gasteiger partial charge in [0, 0.05) is 18.5 Å². The molecule has 0 spiro atoms. The largest absolute Gasteiger partial charge is 0.480 e. The molecular formula is C18H26N4O3. The molecule has 1 saturated carbocycles. The van der Waals surface area contributed by atoms with E-state index >= 15 is 0 Å². The summed E-state index contributed by atoms with van der Waals surface area (Å²) in [5, 5.41) is 11.2. The molecular weight excluding hydrogens is 320 g/mol. The summed E-state index contributed by atoms with van der Waals surface area (Å²) in [5.74, 6) is 1.25. The molecule has 0 atom stereocenters. The summed E-state index contributed by atoms with van der Waals surface area (Å²) in [6, 6.07) is 0. The minimum absolute atomic E-state index is 0.0910. The molecule has 2 heterocycles. The minimum atomic E-state index is -0.267. The van der Waals surface area contributed by atoms with Crippen LogP contribution in [0.1, 0.15) is 60.7 Å². The predicted molar refractivity (Wildman–Crippen MR) is 93.9 cm³/mol. The summed E-state index contributed by atoms with van der Waals surface area (Å²) in [6.45, 7) is 5.63. The van der Waals surface area contributed by atoms with Crippen molar-refractivity contribution in [2.45, 2.75) is 58.8 Å². The standard InChI is InChI=1S/C18H26N4O3/c1-11-16(14-8-6-5-7-9-14)21-25-18(11)19-15(23)10-24-17-12(2)20-22(4)13(17)3/h14H,5-10H2,1-4H3,(H,19,23). The molecule has 1 aliphatic carbocycles. The summed E-state index contributed by atoms with van der Waals surface area (Å²) in [6.07, 6.45) is 6.04. The fourth-order valence-electron chi connectivity index (χ4n) is 3.48. The van der Waals surface area contributed by atoms with E-state index in [4.69, 9.17) is 9.26 Å². The van der Waals surface area contributed by atoms with E-state index in [2.05, 4.69) is 15.6 Å². The van der Waals surface area contributed by atoms with Gasteiger partial charge in [-0.15, -0.1) is 0 Å². The van der Waals surface area contributed by atoms with Crippen LogP contribution in [0.4, 0.5) is 5.88 Å². The van der Waals surface area contributed by atoms with Crippen LogP contribution in [0, 0.1) is 20.8 Å². The Hall–Kier alpha value is -2.31. The number of anilines is 1. The van der Waals surface area contributed by atoms with E-state index in [9.17, 15) is 4.79 Å². The maximum Gasteiger partial charge on any atom is 0.264 e. The molecule has 2 aromatic heterocycles. The molecule has 0 saturated heterocycles. The Labute approximate surface area is 147 Å². The van der Waals surface area contributed by atoms with Crippen LogP contribution < -0.4 is 10.1 Å². The summed E-state index contributed by atoms with van der Waals surface area (Å²) in [5.41, 5.74) is 3.56. The van der Waals surface area contributed by atoms with Crippen LogP contribution in [0.5, 0.6) is 5.75 Å². The lowest BCUT2D eigenvalue weighted by molar-refractivity contribution is -0.118. The second-order valence-electron chi connectivity index (χ2n) is 6.82. The Morgan fingerprint density at radius 2 is 2.00 bits per heavy atom. The molecule has 1 N–H and O–H groups in total. The van der Waals surface area contributed by atoms with Gasteiger partial charge in [0.1, 0.15) is 5.69 Å². The van der Waals surface area contributed by atoms with Crippen LogP contribution in [0.2, 0.25) is 0 Å². The fourth-order valence-corrected chi connectivity index (χ4v) is 3.48. The monoisotopic (exact) mass is 346 g/mol. The summed E-state index contributed by atoms with van der Waals surface area (Å²) >= 11 is 0. The zero-order valence-electron chi connectivity index (χ0n) is 15.4. The van der Waals surface area contributed by atoms with Gasteiger partial charge < -0.3 is 9.26 Å². The number of hydrogen-bond donors (Lipinski definition) is 1. The van der Waals surface area contributed by atoms with Gasteiger partial charge in [-0.25, -0.2) is 0 Å². The molecule has 25 heavy (non-hydrogen) atoms. The molecule has 0 aliphatic heterocycles. The van der Waals surface area contributed by atoms with E-state index in [0.29, 0.717) is 17.6 Å². The first kappa shape index (κ1) is 17.5. The highest BCUT2D eigenvalue weighted by Crippen LogP contribution is 2.35. The molecule has 0 unspecified atom stereocenters. The van der Waals surface area contributed by atoms with Crippen molar-refractivity contribution in [2.24, 2.45) is 7.05 Å². The molecule has 136 valence electrons. The van der Waals surface area contributed by atoms with Crippen molar-refractivity contribution in [3.8, 4) is 5.75 Å². The van der Waals surface area contributed by atoms with Crippen molar-refractivity contribution < 1.29 is 14.1 Å². The van der Waals surface area contributed by atoms with Gasteiger partial charge in [0.15, 0.2) is 12.4 Å². The number of carbonyl (C=O) groups excluding carboxylic acids is 1. The Morgan fingerprint density at radius 3 is 2.64 bits per heavy atom. The molecule has 1 fully saturated rings. The number of amides is 1. The number of nitrogens with zero attached hydrogens (tertiary/aromatic N) is 3. The number of aryl methyl sites for hydroxylation is 2. The number of ether oxygens (including phenoxy) is 1. The smallest absolute Gasteiger partial charge is 0.264 e. The van der Waals surface area contributed by atoms with Crippen LogP contribution in [-0.2, 0) is 11.8 Å². The molecule has 7 heteroatoms. The van der Waals surface area contributed by atoms with Gasteiger partial charge in [-0.2, -0.15) is 5.10 Å². The highest BCUT2D eigenvalue weighted by atomic mass is 16.5. The number of hydrogen-bond acceptors (Lipinski definition) is 5. The number of nitrogens with one attached hydrogen (secondary N) is 1. The van der Waals surface area contributed by atoms with Gasteiger partial charge in [-0.3, -0.25) is 14.8 Å². The zero-order valence-corrected chi connectivity index (χ0v) is 15.4. The van der Waals surface area contributed by atoms with E-state index in [0.717, 1.165) is 35.5 Å². The van der Waals surface area contributed by atoms with Gasteiger partial charge in [0.25, 0.3) is 5.91 Å². The lowest BCUT2D eigenvalue weighted by Gasteiger charge is -2.19. The highest BCUT2D eigenvalue weighted by molar-refractivity contribution is 5.91. The highest BCUT2D eigenvalue weighted by Gasteiger charge is 2.24. The Balaban J connectivity index is 1.60. The molecule has 3 rings (SSSR count). The van der Waals surface area contributed by atoms with Gasteiger partial charge in [-0.05, 0) is 33.6 Å². The van der Waals surface area contributed by atoms with E-state index in [1.165, 1.54) is 19.3 Å². The average molecular weight is 346 g/mol. The van der Waals surface area contributed by atoms with Gasteiger partial charge >= 0.3 is 0 Å². The normalized spacial score (nSPS) is 15.4. The molecule has 0 aromatic carbocycles. The number of aromatic nitrogens is 3. The Morgan fingerprint density at radius 1 is 1.28 bits per heavy atom. The lowest BCUT2D eigenvalue weighted by Crippen LogP contribution is -2.20. The minimum Gasteiger partial charge on any atom is -0.480 e. The maximum absolute atomic E-state index is 12.2. The third-order valence-electron chi connectivity index (χ3n) is 5.00. The molecule has 0 radical (unpaired) electrons. The number of carbonyl (C=O) groups is 1. The second-order valence-corrected chi connectivity index (χ2v) is 6.82. The second kappa shape index (κ2) is 7.29. The SMILES string of the molecule is Cc1nn(C)c(C)c1OCC(=O)Nc1onc(C2CCCCC2)c1C. The van der Waals surface area contributed by atoms with Gasteiger partial charge in [0.05, 0.1) is 11.4 Å². The quantitative estimate of drug-likeness (QED) is 0.897. The molecule has 7 nitrogen and oxygen atoms in total. The number of rotatable bonds is 5. The third-order valence-corrected chi connectivity index (χ3v) is 5.00.